The van der Waals surface area contributed by atoms with Gasteiger partial charge in [0, 0.05) is 7.05 Å². The van der Waals surface area contributed by atoms with Gasteiger partial charge in [-0.2, -0.15) is 0 Å². The molecule has 0 heterocycles. The molecule has 1 atom stereocenters. The van der Waals surface area contributed by atoms with E-state index in [1.807, 2.05) is 0 Å². The molecule has 0 bridgehead atoms. The molecule has 1 aliphatic carbocycles. The number of hydrogen-bond acceptors (Lipinski definition) is 3. The molecule has 0 aromatic heterocycles. The normalized spacial score (nSPS) is 18.0. The third-order valence-electron chi connectivity index (χ3n) is 2.38. The van der Waals surface area contributed by atoms with Gasteiger partial charge < -0.3 is 10.6 Å². The van der Waals surface area contributed by atoms with E-state index in [-0.39, 0.29) is 11.8 Å². The highest BCUT2D eigenvalue weighted by molar-refractivity contribution is 6.38. The van der Waals surface area contributed by atoms with E-state index in [0.29, 0.717) is 5.92 Å². The maximum Gasteiger partial charge on any atom is 0.288 e. The smallest absolute Gasteiger partial charge is 0.288 e. The molecule has 0 radical (unpaired) electrons. The predicted octanol–water partition coefficient (Wildman–Crippen LogP) is -0.310. The maximum atomic E-state index is 11.4. The van der Waals surface area contributed by atoms with Crippen LogP contribution >= 0.6 is 0 Å². The summed E-state index contributed by atoms with van der Waals surface area (Å²) in [7, 11) is 3.19. The summed E-state index contributed by atoms with van der Waals surface area (Å²) in [5.74, 6) is -0.206. The molecule has 2 N–H and O–H groups in total. The minimum atomic E-state index is -0.500. The van der Waals surface area contributed by atoms with Crippen LogP contribution in [-0.2, 0) is 9.59 Å². The Bertz CT molecular complexity index is 212. The first-order chi connectivity index (χ1) is 6.19. The molecule has 1 saturated carbocycles. The Hall–Kier alpha value is -0.900. The lowest BCUT2D eigenvalue weighted by Gasteiger charge is -2.12. The van der Waals surface area contributed by atoms with E-state index in [0.717, 1.165) is 6.42 Å². The number of Topliss-reactive ketones (excluding diaryl/α,β-unsaturated/α-hetero) is 1. The van der Waals surface area contributed by atoms with E-state index in [9.17, 15) is 9.59 Å². The van der Waals surface area contributed by atoms with Gasteiger partial charge in [0.1, 0.15) is 0 Å². The predicted molar refractivity (Wildman–Crippen MR) is 49.3 cm³/mol. The van der Waals surface area contributed by atoms with Crippen molar-refractivity contribution in [3.05, 3.63) is 0 Å². The Balaban J connectivity index is 2.43. The van der Waals surface area contributed by atoms with Gasteiger partial charge in [-0.3, -0.25) is 9.59 Å². The minimum Gasteiger partial charge on any atom is -0.353 e. The number of carbonyl (C=O) groups is 2. The van der Waals surface area contributed by atoms with Gasteiger partial charge in [-0.05, 0) is 19.4 Å². The van der Waals surface area contributed by atoms with Crippen LogP contribution in [0.5, 0.6) is 0 Å². The highest BCUT2D eigenvalue weighted by Crippen LogP contribution is 2.33. The van der Waals surface area contributed by atoms with Crippen molar-refractivity contribution in [2.75, 3.05) is 14.1 Å². The number of rotatable bonds is 5. The van der Waals surface area contributed by atoms with Crippen molar-refractivity contribution in [1.82, 2.24) is 10.6 Å². The molecule has 13 heavy (non-hydrogen) atoms. The van der Waals surface area contributed by atoms with Crippen molar-refractivity contribution in [2.24, 2.45) is 5.92 Å². The van der Waals surface area contributed by atoms with Crippen molar-refractivity contribution in [3.8, 4) is 0 Å². The fourth-order valence-corrected chi connectivity index (χ4v) is 1.32. The lowest BCUT2D eigenvalue weighted by atomic mass is 10.1. The zero-order valence-electron chi connectivity index (χ0n) is 8.09. The standard InChI is InChI=1S/C9H16N2O2/c1-10-7(5-6-3-4-6)8(12)9(13)11-2/h6-7,10H,3-5H2,1-2H3,(H,11,13)/t7-/m0/s1. The average molecular weight is 184 g/mol. The molecule has 4 nitrogen and oxygen atoms in total. The van der Waals surface area contributed by atoms with E-state index >= 15 is 0 Å². The summed E-state index contributed by atoms with van der Waals surface area (Å²) in [4.78, 5) is 22.4. The first kappa shape index (κ1) is 10.2. The zero-order chi connectivity index (χ0) is 9.84. The molecule has 4 heteroatoms. The van der Waals surface area contributed by atoms with Crippen LogP contribution < -0.4 is 10.6 Å². The Kier molecular flexibility index (Phi) is 3.42. The number of ketones is 1. The van der Waals surface area contributed by atoms with E-state index in [4.69, 9.17) is 0 Å². The SMILES string of the molecule is CNC(=O)C(=O)[C@H](CC1CC1)NC. The second-order valence-electron chi connectivity index (χ2n) is 3.46. The molecule has 0 spiro atoms. The molecule has 0 saturated heterocycles. The van der Waals surface area contributed by atoms with Gasteiger partial charge in [-0.1, -0.05) is 12.8 Å². The highest BCUT2D eigenvalue weighted by Gasteiger charge is 2.30. The van der Waals surface area contributed by atoms with E-state index in [2.05, 4.69) is 10.6 Å². The molecule has 1 amide bonds. The summed E-state index contributed by atoms with van der Waals surface area (Å²) in [5.41, 5.74) is 0. The summed E-state index contributed by atoms with van der Waals surface area (Å²) in [6, 6.07) is -0.299. The summed E-state index contributed by atoms with van der Waals surface area (Å²) in [6.07, 6.45) is 3.18. The number of hydrogen-bond donors (Lipinski definition) is 2. The van der Waals surface area contributed by atoms with Gasteiger partial charge in [0.15, 0.2) is 0 Å². The summed E-state index contributed by atoms with van der Waals surface area (Å²) in [6.45, 7) is 0. The summed E-state index contributed by atoms with van der Waals surface area (Å²) < 4.78 is 0. The highest BCUT2D eigenvalue weighted by atomic mass is 16.2. The van der Waals surface area contributed by atoms with E-state index < -0.39 is 5.91 Å². The molecule has 1 rings (SSSR count). The van der Waals surface area contributed by atoms with Crippen LogP contribution in [-0.4, -0.2) is 31.8 Å². The summed E-state index contributed by atoms with van der Waals surface area (Å²) >= 11 is 0. The monoisotopic (exact) mass is 184 g/mol. The molecular weight excluding hydrogens is 168 g/mol. The average Bonchev–Trinajstić information content (AvgIpc) is 2.95. The number of nitrogens with one attached hydrogen (secondary N) is 2. The maximum absolute atomic E-state index is 11.4. The largest absolute Gasteiger partial charge is 0.353 e. The van der Waals surface area contributed by atoms with Crippen LogP contribution in [0.25, 0.3) is 0 Å². The summed E-state index contributed by atoms with van der Waals surface area (Å²) in [5, 5.41) is 5.22. The molecule has 1 fully saturated rings. The Morgan fingerprint density at radius 2 is 2.00 bits per heavy atom. The van der Waals surface area contributed by atoms with E-state index in [1.165, 1.54) is 19.9 Å². The quantitative estimate of drug-likeness (QED) is 0.576. The Labute approximate surface area is 78.1 Å². The van der Waals surface area contributed by atoms with Crippen LogP contribution in [0.3, 0.4) is 0 Å². The van der Waals surface area contributed by atoms with Gasteiger partial charge in [0.2, 0.25) is 5.78 Å². The first-order valence-corrected chi connectivity index (χ1v) is 4.62. The van der Waals surface area contributed by atoms with Crippen LogP contribution in [0.15, 0.2) is 0 Å². The van der Waals surface area contributed by atoms with Crippen LogP contribution in [0, 0.1) is 5.92 Å². The lowest BCUT2D eigenvalue weighted by Crippen LogP contribution is -2.43. The van der Waals surface area contributed by atoms with Crippen LogP contribution in [0.4, 0.5) is 0 Å². The van der Waals surface area contributed by atoms with Gasteiger partial charge >= 0.3 is 0 Å². The van der Waals surface area contributed by atoms with Crippen LogP contribution in [0.1, 0.15) is 19.3 Å². The molecule has 0 unspecified atom stereocenters. The van der Waals surface area contributed by atoms with Gasteiger partial charge in [-0.15, -0.1) is 0 Å². The molecule has 0 aromatic rings. The Morgan fingerprint density at radius 3 is 2.38 bits per heavy atom. The van der Waals surface area contributed by atoms with Crippen molar-refractivity contribution in [2.45, 2.75) is 25.3 Å². The molecule has 0 aliphatic heterocycles. The number of amides is 1. The van der Waals surface area contributed by atoms with Gasteiger partial charge in [-0.25, -0.2) is 0 Å². The van der Waals surface area contributed by atoms with E-state index in [1.54, 1.807) is 7.05 Å². The van der Waals surface area contributed by atoms with Crippen molar-refractivity contribution in [1.29, 1.82) is 0 Å². The second-order valence-corrected chi connectivity index (χ2v) is 3.46. The van der Waals surface area contributed by atoms with Crippen molar-refractivity contribution >= 4 is 11.7 Å². The molecule has 74 valence electrons. The van der Waals surface area contributed by atoms with Crippen molar-refractivity contribution in [3.63, 3.8) is 0 Å². The fourth-order valence-electron chi connectivity index (χ4n) is 1.32. The number of likely N-dealkylation sites (N-methyl/N-ethyl adjacent to an activating group) is 2. The topological polar surface area (TPSA) is 58.2 Å². The fraction of sp³-hybridized carbons (Fsp3) is 0.778. The van der Waals surface area contributed by atoms with Gasteiger partial charge in [0.05, 0.1) is 6.04 Å². The number of carbonyl (C=O) groups excluding carboxylic acids is 2. The first-order valence-electron chi connectivity index (χ1n) is 4.62. The molecule has 0 aromatic carbocycles. The van der Waals surface area contributed by atoms with Crippen molar-refractivity contribution < 1.29 is 9.59 Å². The second kappa shape index (κ2) is 4.37. The molecule has 1 aliphatic rings. The van der Waals surface area contributed by atoms with Crippen LogP contribution in [0.2, 0.25) is 0 Å². The minimum absolute atomic E-state index is 0.299. The van der Waals surface area contributed by atoms with Gasteiger partial charge in [0.25, 0.3) is 5.91 Å². The Morgan fingerprint density at radius 1 is 1.38 bits per heavy atom. The third kappa shape index (κ3) is 2.81. The third-order valence-corrected chi connectivity index (χ3v) is 2.38. The zero-order valence-corrected chi connectivity index (χ0v) is 8.09. The molecular formula is C9H16N2O2. The lowest BCUT2D eigenvalue weighted by molar-refractivity contribution is -0.138.